The molecular formula is C17H22N2O3. The van der Waals surface area contributed by atoms with Crippen LogP contribution in [0.15, 0.2) is 42.5 Å². The lowest BCUT2D eigenvalue weighted by atomic mass is 10.0. The molecule has 0 aromatic heterocycles. The van der Waals surface area contributed by atoms with Gasteiger partial charge in [0.05, 0.1) is 19.3 Å². The third kappa shape index (κ3) is 4.13. The maximum absolute atomic E-state index is 9.48. The Hall–Kier alpha value is -2.24. The lowest BCUT2D eigenvalue weighted by molar-refractivity contribution is 0.105. The van der Waals surface area contributed by atoms with Crippen molar-refractivity contribution in [1.82, 2.24) is 0 Å². The molecule has 1 atom stereocenters. The van der Waals surface area contributed by atoms with E-state index in [1.807, 2.05) is 43.3 Å². The summed E-state index contributed by atoms with van der Waals surface area (Å²) in [6.07, 6.45) is -0.800. The highest BCUT2D eigenvalue weighted by Gasteiger charge is 2.08. The van der Waals surface area contributed by atoms with Crippen molar-refractivity contribution in [3.8, 4) is 16.9 Å². The van der Waals surface area contributed by atoms with Crippen LogP contribution < -0.4 is 15.8 Å². The van der Waals surface area contributed by atoms with Gasteiger partial charge in [-0.1, -0.05) is 12.1 Å². The Labute approximate surface area is 130 Å². The number of hydrogen-bond donors (Lipinski definition) is 4. The molecule has 0 fully saturated rings. The summed E-state index contributed by atoms with van der Waals surface area (Å²) in [6.45, 7) is 2.56. The largest absolute Gasteiger partial charge is 0.494 e. The van der Waals surface area contributed by atoms with Crippen LogP contribution in [0.4, 0.5) is 11.4 Å². The van der Waals surface area contributed by atoms with Gasteiger partial charge in [0.15, 0.2) is 0 Å². The molecule has 5 heteroatoms. The van der Waals surface area contributed by atoms with E-state index in [0.29, 0.717) is 12.3 Å². The van der Waals surface area contributed by atoms with Crippen LogP contribution in [-0.2, 0) is 0 Å². The molecule has 2 rings (SSSR count). The van der Waals surface area contributed by atoms with E-state index in [1.165, 1.54) is 0 Å². The second kappa shape index (κ2) is 7.68. The van der Waals surface area contributed by atoms with Crippen LogP contribution in [-0.4, -0.2) is 36.1 Å². The number of nitrogens with one attached hydrogen (secondary N) is 1. The summed E-state index contributed by atoms with van der Waals surface area (Å²) >= 11 is 0. The molecule has 0 radical (unpaired) electrons. The molecule has 1 unspecified atom stereocenters. The van der Waals surface area contributed by atoms with E-state index in [0.717, 1.165) is 22.6 Å². The van der Waals surface area contributed by atoms with Crippen LogP contribution >= 0.6 is 0 Å². The average Bonchev–Trinajstić information content (AvgIpc) is 2.54. The zero-order valence-electron chi connectivity index (χ0n) is 12.6. The second-order valence-corrected chi connectivity index (χ2v) is 4.98. The first-order valence-corrected chi connectivity index (χ1v) is 7.29. The summed E-state index contributed by atoms with van der Waals surface area (Å²) in [5.74, 6) is 0.820. The number of aliphatic hydroxyl groups excluding tert-OH is 2. The van der Waals surface area contributed by atoms with Crippen LogP contribution in [0.1, 0.15) is 6.92 Å². The van der Waals surface area contributed by atoms with Gasteiger partial charge in [-0.25, -0.2) is 0 Å². The van der Waals surface area contributed by atoms with Crippen molar-refractivity contribution < 1.29 is 14.9 Å². The molecule has 118 valence electrons. The molecule has 5 nitrogen and oxygen atoms in total. The molecule has 0 saturated heterocycles. The molecule has 0 aliphatic rings. The summed E-state index contributed by atoms with van der Waals surface area (Å²) < 4.78 is 5.44. The van der Waals surface area contributed by atoms with Gasteiger partial charge >= 0.3 is 0 Å². The highest BCUT2D eigenvalue weighted by atomic mass is 16.5. The monoisotopic (exact) mass is 302 g/mol. The molecule has 0 spiro atoms. The van der Waals surface area contributed by atoms with Gasteiger partial charge < -0.3 is 26.0 Å². The van der Waals surface area contributed by atoms with Crippen molar-refractivity contribution in [2.45, 2.75) is 13.0 Å². The van der Waals surface area contributed by atoms with Crippen LogP contribution in [0.3, 0.4) is 0 Å². The van der Waals surface area contributed by atoms with Gasteiger partial charge in [-0.3, -0.25) is 0 Å². The standard InChI is InChI=1S/C17H22N2O3/c1-2-22-15-6-3-12(4-7-15)16-9-13(18)5-8-17(16)19-10-14(21)11-20/h3-9,14,19-21H,2,10-11,18H2,1H3. The number of benzene rings is 2. The van der Waals surface area contributed by atoms with Gasteiger partial charge in [0.1, 0.15) is 5.75 Å². The van der Waals surface area contributed by atoms with E-state index in [-0.39, 0.29) is 13.2 Å². The fourth-order valence-corrected chi connectivity index (χ4v) is 2.14. The number of anilines is 2. The molecule has 0 heterocycles. The Morgan fingerprint density at radius 1 is 1.18 bits per heavy atom. The number of aliphatic hydroxyl groups is 2. The third-order valence-electron chi connectivity index (χ3n) is 3.26. The maximum Gasteiger partial charge on any atom is 0.119 e. The van der Waals surface area contributed by atoms with E-state index in [2.05, 4.69) is 5.32 Å². The Balaban J connectivity index is 2.26. The molecule has 0 bridgehead atoms. The quantitative estimate of drug-likeness (QED) is 0.588. The van der Waals surface area contributed by atoms with E-state index < -0.39 is 6.10 Å². The van der Waals surface area contributed by atoms with E-state index in [9.17, 15) is 5.11 Å². The van der Waals surface area contributed by atoms with Crippen molar-refractivity contribution >= 4 is 11.4 Å². The first-order chi connectivity index (χ1) is 10.6. The smallest absolute Gasteiger partial charge is 0.119 e. The predicted molar refractivity (Wildman–Crippen MR) is 89.0 cm³/mol. The maximum atomic E-state index is 9.48. The van der Waals surface area contributed by atoms with Gasteiger partial charge in [-0.2, -0.15) is 0 Å². The number of rotatable bonds is 7. The highest BCUT2D eigenvalue weighted by molar-refractivity contribution is 5.81. The van der Waals surface area contributed by atoms with Gasteiger partial charge in [-0.15, -0.1) is 0 Å². The van der Waals surface area contributed by atoms with E-state index in [4.69, 9.17) is 15.6 Å². The molecular weight excluding hydrogens is 280 g/mol. The minimum atomic E-state index is -0.800. The first-order valence-electron chi connectivity index (χ1n) is 7.29. The number of nitrogen functional groups attached to an aromatic ring is 1. The SMILES string of the molecule is CCOc1ccc(-c2cc(N)ccc2NCC(O)CO)cc1. The van der Waals surface area contributed by atoms with Gasteiger partial charge in [0, 0.05) is 23.5 Å². The molecule has 0 aliphatic heterocycles. The summed E-state index contributed by atoms with van der Waals surface area (Å²) in [4.78, 5) is 0. The summed E-state index contributed by atoms with van der Waals surface area (Å²) in [7, 11) is 0. The Kier molecular flexibility index (Phi) is 5.63. The van der Waals surface area contributed by atoms with Crippen LogP contribution in [0.2, 0.25) is 0 Å². The highest BCUT2D eigenvalue weighted by Crippen LogP contribution is 2.31. The molecule has 0 aliphatic carbocycles. The fraction of sp³-hybridized carbons (Fsp3) is 0.294. The number of hydrogen-bond acceptors (Lipinski definition) is 5. The van der Waals surface area contributed by atoms with Crippen molar-refractivity contribution in [2.75, 3.05) is 30.8 Å². The second-order valence-electron chi connectivity index (χ2n) is 4.98. The minimum Gasteiger partial charge on any atom is -0.494 e. The van der Waals surface area contributed by atoms with Gasteiger partial charge in [0.2, 0.25) is 0 Å². The Morgan fingerprint density at radius 2 is 1.91 bits per heavy atom. The number of nitrogens with two attached hydrogens (primary N) is 1. The van der Waals surface area contributed by atoms with E-state index >= 15 is 0 Å². The molecule has 2 aromatic carbocycles. The third-order valence-corrected chi connectivity index (χ3v) is 3.26. The zero-order valence-corrected chi connectivity index (χ0v) is 12.6. The lowest BCUT2D eigenvalue weighted by Gasteiger charge is -2.15. The molecule has 2 aromatic rings. The van der Waals surface area contributed by atoms with Crippen LogP contribution in [0, 0.1) is 0 Å². The van der Waals surface area contributed by atoms with Gasteiger partial charge in [-0.05, 0) is 42.8 Å². The Morgan fingerprint density at radius 3 is 2.55 bits per heavy atom. The molecule has 22 heavy (non-hydrogen) atoms. The Bertz CT molecular complexity index is 599. The van der Waals surface area contributed by atoms with Gasteiger partial charge in [0.25, 0.3) is 0 Å². The van der Waals surface area contributed by atoms with Crippen molar-refractivity contribution in [2.24, 2.45) is 0 Å². The van der Waals surface area contributed by atoms with Crippen molar-refractivity contribution in [3.05, 3.63) is 42.5 Å². The predicted octanol–water partition coefficient (Wildman–Crippen LogP) is 2.10. The first kappa shape index (κ1) is 16.1. The summed E-state index contributed by atoms with van der Waals surface area (Å²) in [5.41, 5.74) is 9.33. The molecule has 0 saturated carbocycles. The molecule has 5 N–H and O–H groups in total. The topological polar surface area (TPSA) is 87.7 Å². The number of ether oxygens (including phenoxy) is 1. The molecule has 0 amide bonds. The normalized spacial score (nSPS) is 12.0. The van der Waals surface area contributed by atoms with Crippen molar-refractivity contribution in [1.29, 1.82) is 0 Å². The van der Waals surface area contributed by atoms with E-state index in [1.54, 1.807) is 6.07 Å². The summed E-state index contributed by atoms with van der Waals surface area (Å²) in [6, 6.07) is 13.3. The average molecular weight is 302 g/mol. The fourth-order valence-electron chi connectivity index (χ4n) is 2.14. The van der Waals surface area contributed by atoms with Crippen LogP contribution in [0.25, 0.3) is 11.1 Å². The van der Waals surface area contributed by atoms with Crippen LogP contribution in [0.5, 0.6) is 5.75 Å². The minimum absolute atomic E-state index is 0.268. The van der Waals surface area contributed by atoms with Crippen molar-refractivity contribution in [3.63, 3.8) is 0 Å². The zero-order chi connectivity index (χ0) is 15.9. The summed E-state index contributed by atoms with van der Waals surface area (Å²) in [5, 5.41) is 21.5. The lowest BCUT2D eigenvalue weighted by Crippen LogP contribution is -2.23.